The second-order valence-corrected chi connectivity index (χ2v) is 3.22. The molecule has 2 rings (SSSR count). The molecule has 0 aromatic rings. The summed E-state index contributed by atoms with van der Waals surface area (Å²) in [6, 6.07) is 0. The lowest BCUT2D eigenvalue weighted by atomic mass is 10.4. The molecule has 0 amide bonds. The standard InChI is InChI=1S/2C4H8O.C2H8N2/c2*1-2-4-5-3-1;3-1-2-4/h2*1-4H2;1-4H2. The third-order valence-electron chi connectivity index (χ3n) is 1.82. The lowest BCUT2D eigenvalue weighted by Gasteiger charge is -1.76. The average molecular weight is 204 g/mol. The van der Waals surface area contributed by atoms with Crippen LogP contribution in [0.3, 0.4) is 0 Å². The molecule has 4 heteroatoms. The van der Waals surface area contributed by atoms with Gasteiger partial charge in [-0.15, -0.1) is 0 Å². The van der Waals surface area contributed by atoms with Gasteiger partial charge >= 0.3 is 0 Å². The molecular formula is C10H24N2O2. The average Bonchev–Trinajstić information content (AvgIpc) is 2.94. The van der Waals surface area contributed by atoms with Crippen molar-refractivity contribution in [3.8, 4) is 0 Å². The fourth-order valence-electron chi connectivity index (χ4n) is 1.02. The number of nitrogens with two attached hydrogens (primary N) is 2. The Kier molecular flexibility index (Phi) is 12.7. The molecule has 0 radical (unpaired) electrons. The second kappa shape index (κ2) is 12.8. The smallest absolute Gasteiger partial charge is 0.0466 e. The van der Waals surface area contributed by atoms with Gasteiger partial charge < -0.3 is 20.9 Å². The summed E-state index contributed by atoms with van der Waals surface area (Å²) in [6.45, 7) is 5.19. The van der Waals surface area contributed by atoms with E-state index < -0.39 is 0 Å². The largest absolute Gasteiger partial charge is 0.381 e. The van der Waals surface area contributed by atoms with Crippen molar-refractivity contribution < 1.29 is 9.47 Å². The molecule has 0 saturated carbocycles. The summed E-state index contributed by atoms with van der Waals surface area (Å²) in [7, 11) is 0. The van der Waals surface area contributed by atoms with E-state index >= 15 is 0 Å². The van der Waals surface area contributed by atoms with Gasteiger partial charge in [-0.05, 0) is 25.7 Å². The van der Waals surface area contributed by atoms with Gasteiger partial charge in [0.15, 0.2) is 0 Å². The van der Waals surface area contributed by atoms with Gasteiger partial charge in [0.25, 0.3) is 0 Å². The van der Waals surface area contributed by atoms with Crippen molar-refractivity contribution in [1.29, 1.82) is 0 Å². The zero-order valence-electron chi connectivity index (χ0n) is 9.04. The molecule has 86 valence electrons. The van der Waals surface area contributed by atoms with Crippen molar-refractivity contribution in [3.63, 3.8) is 0 Å². The summed E-state index contributed by atoms with van der Waals surface area (Å²) < 4.78 is 9.89. The van der Waals surface area contributed by atoms with Crippen molar-refractivity contribution in [3.05, 3.63) is 0 Å². The van der Waals surface area contributed by atoms with Crippen LogP contribution >= 0.6 is 0 Å². The molecule has 0 unspecified atom stereocenters. The molecule has 2 aliphatic heterocycles. The predicted molar refractivity (Wildman–Crippen MR) is 58.2 cm³/mol. The first-order chi connectivity index (χ1) is 6.91. The number of rotatable bonds is 1. The minimum Gasteiger partial charge on any atom is -0.381 e. The van der Waals surface area contributed by atoms with Gasteiger partial charge in [0.2, 0.25) is 0 Å². The van der Waals surface area contributed by atoms with Gasteiger partial charge in [0, 0.05) is 39.5 Å². The fraction of sp³-hybridized carbons (Fsp3) is 1.00. The number of ether oxygens (including phenoxy) is 2. The van der Waals surface area contributed by atoms with Gasteiger partial charge in [-0.1, -0.05) is 0 Å². The Hall–Kier alpha value is -0.160. The van der Waals surface area contributed by atoms with Crippen molar-refractivity contribution >= 4 is 0 Å². The Morgan fingerprint density at radius 2 is 0.929 bits per heavy atom. The van der Waals surface area contributed by atoms with Gasteiger partial charge in [-0.2, -0.15) is 0 Å². The van der Waals surface area contributed by atoms with E-state index in [2.05, 4.69) is 0 Å². The molecular weight excluding hydrogens is 180 g/mol. The summed E-state index contributed by atoms with van der Waals surface area (Å²) in [4.78, 5) is 0. The quantitative estimate of drug-likeness (QED) is 0.652. The monoisotopic (exact) mass is 204 g/mol. The highest BCUT2D eigenvalue weighted by molar-refractivity contribution is 4.44. The topological polar surface area (TPSA) is 70.5 Å². The maximum absolute atomic E-state index is 4.94. The highest BCUT2D eigenvalue weighted by Gasteiger charge is 1.95. The highest BCUT2D eigenvalue weighted by atomic mass is 16.5. The van der Waals surface area contributed by atoms with Crippen molar-refractivity contribution in [2.75, 3.05) is 39.5 Å². The summed E-state index contributed by atoms with van der Waals surface area (Å²) in [6.07, 6.45) is 5.11. The second-order valence-electron chi connectivity index (χ2n) is 3.22. The van der Waals surface area contributed by atoms with Gasteiger partial charge in [-0.3, -0.25) is 0 Å². The lowest BCUT2D eigenvalue weighted by molar-refractivity contribution is 0.198. The summed E-state index contributed by atoms with van der Waals surface area (Å²) in [5.41, 5.74) is 9.81. The molecule has 0 atom stereocenters. The van der Waals surface area contributed by atoms with E-state index in [1.807, 2.05) is 0 Å². The summed E-state index contributed by atoms with van der Waals surface area (Å²) >= 11 is 0. The van der Waals surface area contributed by atoms with Crippen LogP contribution in [0.4, 0.5) is 0 Å². The molecule has 2 aliphatic rings. The maximum Gasteiger partial charge on any atom is 0.0466 e. The Morgan fingerprint density at radius 1 is 0.643 bits per heavy atom. The van der Waals surface area contributed by atoms with Crippen molar-refractivity contribution in [2.45, 2.75) is 25.7 Å². The van der Waals surface area contributed by atoms with E-state index in [9.17, 15) is 0 Å². The van der Waals surface area contributed by atoms with Crippen LogP contribution in [0.2, 0.25) is 0 Å². The van der Waals surface area contributed by atoms with Crippen LogP contribution in [-0.2, 0) is 9.47 Å². The van der Waals surface area contributed by atoms with E-state index in [1.165, 1.54) is 25.7 Å². The molecule has 0 spiro atoms. The minimum absolute atomic E-state index is 0.597. The molecule has 2 heterocycles. The molecule has 0 aromatic carbocycles. The first-order valence-corrected chi connectivity index (χ1v) is 5.47. The van der Waals surface area contributed by atoms with Gasteiger partial charge in [0.05, 0.1) is 0 Å². The molecule has 2 fully saturated rings. The number of hydrogen-bond acceptors (Lipinski definition) is 4. The van der Waals surface area contributed by atoms with Gasteiger partial charge in [-0.25, -0.2) is 0 Å². The van der Waals surface area contributed by atoms with Crippen LogP contribution in [0, 0.1) is 0 Å². The third kappa shape index (κ3) is 11.8. The Morgan fingerprint density at radius 3 is 1.00 bits per heavy atom. The predicted octanol–water partition coefficient (Wildman–Crippen LogP) is 0.497. The van der Waals surface area contributed by atoms with E-state index in [-0.39, 0.29) is 0 Å². The Balaban J connectivity index is 0.000000183. The molecule has 0 aromatic heterocycles. The Bertz CT molecular complexity index is 66.9. The molecule has 0 aliphatic carbocycles. The van der Waals surface area contributed by atoms with Crippen LogP contribution < -0.4 is 11.5 Å². The van der Waals surface area contributed by atoms with Gasteiger partial charge in [0.1, 0.15) is 0 Å². The minimum atomic E-state index is 0.597. The van der Waals surface area contributed by atoms with E-state index in [0.29, 0.717) is 13.1 Å². The maximum atomic E-state index is 4.94. The van der Waals surface area contributed by atoms with E-state index in [4.69, 9.17) is 20.9 Å². The molecule has 4 N–H and O–H groups in total. The molecule has 0 bridgehead atoms. The highest BCUT2D eigenvalue weighted by Crippen LogP contribution is 1.98. The number of hydrogen-bond donors (Lipinski definition) is 2. The van der Waals surface area contributed by atoms with Crippen LogP contribution in [-0.4, -0.2) is 39.5 Å². The van der Waals surface area contributed by atoms with Crippen LogP contribution in [0.25, 0.3) is 0 Å². The van der Waals surface area contributed by atoms with Crippen molar-refractivity contribution in [1.82, 2.24) is 0 Å². The Labute approximate surface area is 86.9 Å². The molecule has 2 saturated heterocycles. The fourth-order valence-corrected chi connectivity index (χ4v) is 1.02. The summed E-state index contributed by atoms with van der Waals surface area (Å²) in [5.74, 6) is 0. The first-order valence-electron chi connectivity index (χ1n) is 5.47. The van der Waals surface area contributed by atoms with Crippen LogP contribution in [0.1, 0.15) is 25.7 Å². The molecule has 4 nitrogen and oxygen atoms in total. The van der Waals surface area contributed by atoms with E-state index in [0.717, 1.165) is 26.4 Å². The first kappa shape index (κ1) is 13.8. The third-order valence-corrected chi connectivity index (χ3v) is 1.82. The normalized spacial score (nSPS) is 19.3. The van der Waals surface area contributed by atoms with E-state index in [1.54, 1.807) is 0 Å². The van der Waals surface area contributed by atoms with Crippen LogP contribution in [0.5, 0.6) is 0 Å². The van der Waals surface area contributed by atoms with Crippen molar-refractivity contribution in [2.24, 2.45) is 11.5 Å². The zero-order valence-corrected chi connectivity index (χ0v) is 9.04. The van der Waals surface area contributed by atoms with Crippen LogP contribution in [0.15, 0.2) is 0 Å². The lowest BCUT2D eigenvalue weighted by Crippen LogP contribution is -2.11. The molecule has 14 heavy (non-hydrogen) atoms. The zero-order chi connectivity index (χ0) is 10.5. The SMILES string of the molecule is C1CCOC1.C1CCOC1.NCCN. The summed E-state index contributed by atoms with van der Waals surface area (Å²) in [5, 5.41) is 0.